The van der Waals surface area contributed by atoms with Gasteiger partial charge in [-0.1, -0.05) is 28.1 Å². The first-order chi connectivity index (χ1) is 9.97. The molecule has 5 heteroatoms. The van der Waals surface area contributed by atoms with E-state index in [1.165, 1.54) is 0 Å². The van der Waals surface area contributed by atoms with Crippen LogP contribution in [0.5, 0.6) is 0 Å². The Labute approximate surface area is 129 Å². The zero-order chi connectivity index (χ0) is 15.4. The molecule has 0 radical (unpaired) electrons. The van der Waals surface area contributed by atoms with Crippen LogP contribution in [-0.2, 0) is 11.3 Å². The highest BCUT2D eigenvalue weighted by Crippen LogP contribution is 2.16. The average Bonchev–Trinajstić information content (AvgIpc) is 2.44. The second-order valence-corrected chi connectivity index (χ2v) is 5.49. The number of halogens is 3. The number of hydrogen-bond acceptors (Lipinski definition) is 2. The highest BCUT2D eigenvalue weighted by molar-refractivity contribution is 9.10. The molecule has 1 unspecified atom stereocenters. The lowest BCUT2D eigenvalue weighted by Crippen LogP contribution is -2.22. The number of benzene rings is 2. The molecule has 0 saturated carbocycles. The van der Waals surface area contributed by atoms with E-state index in [0.717, 1.165) is 22.2 Å². The zero-order valence-electron chi connectivity index (χ0n) is 11.3. The Bertz CT molecular complexity index is 658. The molecule has 0 heterocycles. The average molecular weight is 355 g/mol. The minimum Gasteiger partial charge on any atom is -0.366 e. The van der Waals surface area contributed by atoms with E-state index in [1.807, 2.05) is 24.3 Å². The van der Waals surface area contributed by atoms with Gasteiger partial charge < -0.3 is 4.74 Å². The van der Waals surface area contributed by atoms with Crippen molar-refractivity contribution in [1.82, 2.24) is 0 Å². The minimum absolute atomic E-state index is 0.168. The molecule has 0 aliphatic carbocycles. The van der Waals surface area contributed by atoms with Crippen molar-refractivity contribution < 1.29 is 18.3 Å². The van der Waals surface area contributed by atoms with Crippen LogP contribution in [0.15, 0.2) is 46.9 Å². The summed E-state index contributed by atoms with van der Waals surface area (Å²) in [6.07, 6.45) is -0.816. The molecule has 2 aromatic carbocycles. The summed E-state index contributed by atoms with van der Waals surface area (Å²) in [6, 6.07) is 10.3. The molecular formula is C16H13BrF2O2. The molecule has 0 spiro atoms. The topological polar surface area (TPSA) is 26.3 Å². The molecule has 2 nitrogen and oxygen atoms in total. The number of carbonyl (C=O) groups is 1. The summed E-state index contributed by atoms with van der Waals surface area (Å²) in [4.78, 5) is 12.1. The molecule has 0 fully saturated rings. The van der Waals surface area contributed by atoms with Gasteiger partial charge in [0.2, 0.25) is 0 Å². The smallest absolute Gasteiger partial charge is 0.194 e. The van der Waals surface area contributed by atoms with Crippen molar-refractivity contribution >= 4 is 21.7 Å². The maximum Gasteiger partial charge on any atom is 0.194 e. The zero-order valence-corrected chi connectivity index (χ0v) is 12.9. The molecule has 2 aromatic rings. The van der Waals surface area contributed by atoms with Crippen molar-refractivity contribution in [3.05, 3.63) is 69.7 Å². The summed E-state index contributed by atoms with van der Waals surface area (Å²) in [5, 5.41) is 0. The number of ketones is 1. The highest BCUT2D eigenvalue weighted by Gasteiger charge is 2.19. The maximum atomic E-state index is 13.6. The largest absolute Gasteiger partial charge is 0.366 e. The number of ether oxygens (including phenoxy) is 1. The van der Waals surface area contributed by atoms with Crippen LogP contribution in [0.4, 0.5) is 8.78 Å². The van der Waals surface area contributed by atoms with Gasteiger partial charge in [-0.2, -0.15) is 0 Å². The molecule has 2 rings (SSSR count). The molecule has 1 atom stereocenters. The molecule has 0 N–H and O–H groups in total. The lowest BCUT2D eigenvalue weighted by atomic mass is 10.1. The first-order valence-electron chi connectivity index (χ1n) is 6.32. The van der Waals surface area contributed by atoms with Crippen molar-refractivity contribution in [2.75, 3.05) is 0 Å². The van der Waals surface area contributed by atoms with Gasteiger partial charge in [-0.05, 0) is 36.8 Å². The van der Waals surface area contributed by atoms with Crippen molar-refractivity contribution in [3.63, 3.8) is 0 Å². The molecule has 0 bridgehead atoms. The number of rotatable bonds is 5. The van der Waals surface area contributed by atoms with Crippen LogP contribution in [0.25, 0.3) is 0 Å². The van der Waals surface area contributed by atoms with E-state index in [-0.39, 0.29) is 12.2 Å². The monoisotopic (exact) mass is 354 g/mol. The SMILES string of the molecule is CC(OCc1cccc(Br)c1)C(=O)c1ccc(F)cc1F. The van der Waals surface area contributed by atoms with Crippen molar-refractivity contribution in [3.8, 4) is 0 Å². The summed E-state index contributed by atoms with van der Waals surface area (Å²) in [6.45, 7) is 1.78. The molecule has 0 aromatic heterocycles. The second-order valence-electron chi connectivity index (χ2n) is 4.57. The van der Waals surface area contributed by atoms with Gasteiger partial charge in [0.05, 0.1) is 12.2 Å². The molecule has 0 aliphatic rings. The summed E-state index contributed by atoms with van der Waals surface area (Å²) in [5.41, 5.74) is 0.724. The predicted octanol–water partition coefficient (Wildman–Crippen LogP) is 4.52. The van der Waals surface area contributed by atoms with Crippen LogP contribution in [0.3, 0.4) is 0 Å². The fourth-order valence-electron chi connectivity index (χ4n) is 1.83. The fraction of sp³-hybridized carbons (Fsp3) is 0.188. The molecule has 21 heavy (non-hydrogen) atoms. The van der Waals surface area contributed by atoms with Crippen molar-refractivity contribution in [2.24, 2.45) is 0 Å². The Kier molecular flexibility index (Phi) is 5.20. The predicted molar refractivity (Wildman–Crippen MR) is 79.1 cm³/mol. The number of Topliss-reactive ketones (excluding diaryl/α,β-unsaturated/α-hetero) is 1. The summed E-state index contributed by atoms with van der Waals surface area (Å²) < 4.78 is 32.8. The Hall–Kier alpha value is -1.59. The highest BCUT2D eigenvalue weighted by atomic mass is 79.9. The van der Waals surface area contributed by atoms with Crippen molar-refractivity contribution in [1.29, 1.82) is 0 Å². The van der Waals surface area contributed by atoms with Gasteiger partial charge in [-0.25, -0.2) is 8.78 Å². The van der Waals surface area contributed by atoms with Crippen molar-refractivity contribution in [2.45, 2.75) is 19.6 Å². The minimum atomic E-state index is -0.877. The van der Waals surface area contributed by atoms with Crippen LogP contribution in [0, 0.1) is 11.6 Å². The van der Waals surface area contributed by atoms with Crippen LogP contribution in [0.2, 0.25) is 0 Å². The van der Waals surface area contributed by atoms with Crippen LogP contribution in [-0.4, -0.2) is 11.9 Å². The standard InChI is InChI=1S/C16H13BrF2O2/c1-10(21-9-11-3-2-4-12(17)7-11)16(20)14-6-5-13(18)8-15(14)19/h2-8,10H,9H2,1H3. The Morgan fingerprint density at radius 3 is 2.67 bits per heavy atom. The maximum absolute atomic E-state index is 13.6. The van der Waals surface area contributed by atoms with E-state index >= 15 is 0 Å². The van der Waals surface area contributed by atoms with E-state index in [4.69, 9.17) is 4.74 Å². The van der Waals surface area contributed by atoms with E-state index in [0.29, 0.717) is 6.07 Å². The quantitative estimate of drug-likeness (QED) is 0.738. The number of carbonyl (C=O) groups excluding carboxylic acids is 1. The van der Waals surface area contributed by atoms with Crippen LogP contribution in [0.1, 0.15) is 22.8 Å². The molecular weight excluding hydrogens is 342 g/mol. The summed E-state index contributed by atoms with van der Waals surface area (Å²) in [7, 11) is 0. The Morgan fingerprint density at radius 1 is 1.24 bits per heavy atom. The van der Waals surface area contributed by atoms with Crippen LogP contribution >= 0.6 is 15.9 Å². The molecule has 0 saturated heterocycles. The normalized spacial score (nSPS) is 12.2. The van der Waals surface area contributed by atoms with Gasteiger partial charge in [-0.15, -0.1) is 0 Å². The molecule has 0 amide bonds. The van der Waals surface area contributed by atoms with Gasteiger partial charge in [0.25, 0.3) is 0 Å². The van der Waals surface area contributed by atoms with E-state index < -0.39 is 23.5 Å². The Morgan fingerprint density at radius 2 is 2.00 bits per heavy atom. The lowest BCUT2D eigenvalue weighted by Gasteiger charge is -2.13. The lowest BCUT2D eigenvalue weighted by molar-refractivity contribution is 0.0408. The van der Waals surface area contributed by atoms with E-state index in [1.54, 1.807) is 6.92 Å². The van der Waals surface area contributed by atoms with Gasteiger partial charge in [0.15, 0.2) is 5.78 Å². The van der Waals surface area contributed by atoms with E-state index in [2.05, 4.69) is 15.9 Å². The summed E-state index contributed by atoms with van der Waals surface area (Å²) >= 11 is 3.34. The molecule has 110 valence electrons. The third kappa shape index (κ3) is 4.19. The third-order valence-corrected chi connectivity index (χ3v) is 3.45. The van der Waals surface area contributed by atoms with E-state index in [9.17, 15) is 13.6 Å². The first-order valence-corrected chi connectivity index (χ1v) is 7.12. The Balaban J connectivity index is 2.02. The van der Waals surface area contributed by atoms with Gasteiger partial charge in [-0.3, -0.25) is 4.79 Å². The van der Waals surface area contributed by atoms with Gasteiger partial charge in [0.1, 0.15) is 17.7 Å². The van der Waals surface area contributed by atoms with Crippen LogP contribution < -0.4 is 0 Å². The second kappa shape index (κ2) is 6.91. The fourth-order valence-corrected chi connectivity index (χ4v) is 2.28. The first kappa shape index (κ1) is 15.8. The molecule has 0 aliphatic heterocycles. The third-order valence-electron chi connectivity index (χ3n) is 2.95. The van der Waals surface area contributed by atoms with Gasteiger partial charge in [0, 0.05) is 10.5 Å². The van der Waals surface area contributed by atoms with Gasteiger partial charge >= 0.3 is 0 Å². The summed E-state index contributed by atoms with van der Waals surface area (Å²) in [5.74, 6) is -2.10. The number of hydrogen-bond donors (Lipinski definition) is 0.